The average molecular weight is 462 g/mol. The third-order valence-electron chi connectivity index (χ3n) is 5.62. The second kappa shape index (κ2) is 9.92. The first-order valence-electron chi connectivity index (χ1n) is 10.8. The summed E-state index contributed by atoms with van der Waals surface area (Å²) in [4.78, 5) is 24.8. The molecule has 0 aliphatic rings. The molecular weight excluding hydrogens is 438 g/mol. The number of halogens is 1. The van der Waals surface area contributed by atoms with E-state index in [-0.39, 0.29) is 12.5 Å². The van der Waals surface area contributed by atoms with Crippen LogP contribution in [0.1, 0.15) is 31.7 Å². The quantitative estimate of drug-likeness (QED) is 0.313. The van der Waals surface area contributed by atoms with Gasteiger partial charge in [0.1, 0.15) is 11.3 Å². The van der Waals surface area contributed by atoms with Crippen molar-refractivity contribution in [3.8, 4) is 16.9 Å². The maximum Gasteiger partial charge on any atom is 0.344 e. The largest absolute Gasteiger partial charge is 0.484 e. The van der Waals surface area contributed by atoms with E-state index in [1.165, 1.54) is 5.56 Å². The van der Waals surface area contributed by atoms with Crippen molar-refractivity contribution < 1.29 is 13.9 Å². The molecule has 4 aromatic rings. The summed E-state index contributed by atoms with van der Waals surface area (Å²) in [5.41, 5.74) is 2.69. The van der Waals surface area contributed by atoms with Gasteiger partial charge >= 0.3 is 5.63 Å². The van der Waals surface area contributed by atoms with Crippen LogP contribution in [-0.2, 0) is 4.79 Å². The predicted molar refractivity (Wildman–Crippen MR) is 132 cm³/mol. The molecule has 3 aromatic carbocycles. The summed E-state index contributed by atoms with van der Waals surface area (Å²) >= 11 is 6.43. The van der Waals surface area contributed by atoms with E-state index in [0.29, 0.717) is 39.1 Å². The van der Waals surface area contributed by atoms with Crippen molar-refractivity contribution in [2.75, 3.05) is 11.9 Å². The van der Waals surface area contributed by atoms with E-state index in [1.807, 2.05) is 36.4 Å². The number of nitrogens with one attached hydrogen (secondary N) is 1. The molecule has 1 N–H and O–H groups in total. The Bertz CT molecular complexity index is 1340. The van der Waals surface area contributed by atoms with E-state index in [1.54, 1.807) is 36.4 Å². The summed E-state index contributed by atoms with van der Waals surface area (Å²) < 4.78 is 11.0. The van der Waals surface area contributed by atoms with Crippen LogP contribution in [0.4, 0.5) is 5.69 Å². The van der Waals surface area contributed by atoms with Gasteiger partial charge in [0.15, 0.2) is 6.61 Å². The minimum Gasteiger partial charge on any atom is -0.484 e. The molecular formula is C27H24ClNO4. The lowest BCUT2D eigenvalue weighted by molar-refractivity contribution is -0.118. The van der Waals surface area contributed by atoms with Crippen LogP contribution in [0.2, 0.25) is 5.02 Å². The zero-order chi connectivity index (χ0) is 23.4. The maximum absolute atomic E-state index is 12.4. The Morgan fingerprint density at radius 2 is 1.79 bits per heavy atom. The van der Waals surface area contributed by atoms with Crippen molar-refractivity contribution in [1.82, 2.24) is 0 Å². The van der Waals surface area contributed by atoms with Crippen molar-refractivity contribution >= 4 is 34.2 Å². The first-order valence-corrected chi connectivity index (χ1v) is 11.2. The van der Waals surface area contributed by atoms with E-state index in [0.717, 1.165) is 11.8 Å². The summed E-state index contributed by atoms with van der Waals surface area (Å²) in [6, 6.07) is 21.8. The van der Waals surface area contributed by atoms with Crippen molar-refractivity contribution in [2.45, 2.75) is 26.2 Å². The minimum atomic E-state index is -0.472. The third kappa shape index (κ3) is 5.26. The molecule has 4 rings (SSSR count). The van der Waals surface area contributed by atoms with Gasteiger partial charge in [0.2, 0.25) is 0 Å². The number of amides is 1. The van der Waals surface area contributed by atoms with Crippen LogP contribution >= 0.6 is 11.6 Å². The molecule has 0 fully saturated rings. The smallest absolute Gasteiger partial charge is 0.344 e. The lowest BCUT2D eigenvalue weighted by Gasteiger charge is -2.11. The van der Waals surface area contributed by atoms with Gasteiger partial charge in [0, 0.05) is 16.6 Å². The molecule has 1 atom stereocenters. The number of anilines is 1. The molecule has 5 nitrogen and oxygen atoms in total. The molecule has 1 amide bonds. The number of hydrogen-bond acceptors (Lipinski definition) is 4. The van der Waals surface area contributed by atoms with Gasteiger partial charge in [-0.1, -0.05) is 61.8 Å². The van der Waals surface area contributed by atoms with Gasteiger partial charge in [0.05, 0.1) is 10.6 Å². The Kier molecular flexibility index (Phi) is 6.80. The number of ether oxygens (including phenoxy) is 1. The second-order valence-corrected chi connectivity index (χ2v) is 8.30. The summed E-state index contributed by atoms with van der Waals surface area (Å²) in [6.45, 7) is 4.19. The molecule has 1 heterocycles. The fourth-order valence-electron chi connectivity index (χ4n) is 3.54. The molecule has 0 aliphatic heterocycles. The van der Waals surface area contributed by atoms with Gasteiger partial charge in [-0.2, -0.15) is 0 Å². The number of benzene rings is 3. The van der Waals surface area contributed by atoms with Gasteiger partial charge in [-0.3, -0.25) is 4.79 Å². The lowest BCUT2D eigenvalue weighted by Crippen LogP contribution is -2.20. The first-order chi connectivity index (χ1) is 15.9. The number of fused-ring (bicyclic) bond motifs is 1. The molecule has 33 heavy (non-hydrogen) atoms. The van der Waals surface area contributed by atoms with E-state index in [4.69, 9.17) is 20.8 Å². The van der Waals surface area contributed by atoms with Crippen molar-refractivity contribution in [1.29, 1.82) is 0 Å². The van der Waals surface area contributed by atoms with Crippen LogP contribution < -0.4 is 15.7 Å². The lowest BCUT2D eigenvalue weighted by atomic mass is 9.99. The Morgan fingerprint density at radius 3 is 2.52 bits per heavy atom. The highest BCUT2D eigenvalue weighted by molar-refractivity contribution is 6.33. The van der Waals surface area contributed by atoms with E-state index in [2.05, 4.69) is 19.2 Å². The third-order valence-corrected chi connectivity index (χ3v) is 5.93. The molecule has 0 aliphatic carbocycles. The molecule has 168 valence electrons. The maximum atomic E-state index is 12.4. The molecule has 0 unspecified atom stereocenters. The Morgan fingerprint density at radius 1 is 1.03 bits per heavy atom. The minimum absolute atomic E-state index is 0.129. The number of rotatable bonds is 7. The van der Waals surface area contributed by atoms with Crippen LogP contribution in [0.15, 0.2) is 82.0 Å². The highest BCUT2D eigenvalue weighted by Gasteiger charge is 2.13. The number of carbonyl (C=O) groups excluding carboxylic acids is 1. The van der Waals surface area contributed by atoms with Gasteiger partial charge in [-0.15, -0.1) is 0 Å². The molecule has 0 saturated heterocycles. The monoisotopic (exact) mass is 461 g/mol. The number of hydrogen-bond donors (Lipinski definition) is 1. The van der Waals surface area contributed by atoms with Crippen LogP contribution in [0.5, 0.6) is 5.75 Å². The summed E-state index contributed by atoms with van der Waals surface area (Å²) in [5.74, 6) is 0.805. The SMILES string of the molecule is CC[C@H](C)c1ccc(OCC(=O)Nc2ccc(-c3cc4ccccc4oc3=O)c(Cl)c2)cc1. The van der Waals surface area contributed by atoms with Crippen molar-refractivity contribution in [3.05, 3.63) is 93.8 Å². The van der Waals surface area contributed by atoms with Crippen molar-refractivity contribution in [3.63, 3.8) is 0 Å². The Balaban J connectivity index is 1.43. The highest BCUT2D eigenvalue weighted by Crippen LogP contribution is 2.30. The van der Waals surface area contributed by atoms with Crippen molar-refractivity contribution in [2.24, 2.45) is 0 Å². The molecule has 6 heteroatoms. The molecule has 0 radical (unpaired) electrons. The zero-order valence-electron chi connectivity index (χ0n) is 18.4. The van der Waals surface area contributed by atoms with Gasteiger partial charge in [-0.05, 0) is 54.3 Å². The fraction of sp³-hybridized carbons (Fsp3) is 0.185. The summed E-state index contributed by atoms with van der Waals surface area (Å²) in [7, 11) is 0. The predicted octanol–water partition coefficient (Wildman–Crippen LogP) is 6.64. The fourth-order valence-corrected chi connectivity index (χ4v) is 3.82. The molecule has 0 saturated carbocycles. The van der Waals surface area contributed by atoms with E-state index < -0.39 is 5.63 Å². The van der Waals surface area contributed by atoms with Crippen LogP contribution in [-0.4, -0.2) is 12.5 Å². The summed E-state index contributed by atoms with van der Waals surface area (Å²) in [6.07, 6.45) is 1.07. The Hall–Kier alpha value is -3.57. The number of carbonyl (C=O) groups is 1. The normalized spacial score (nSPS) is 11.8. The van der Waals surface area contributed by atoms with Gasteiger partial charge < -0.3 is 14.5 Å². The molecule has 1 aromatic heterocycles. The molecule has 0 spiro atoms. The highest BCUT2D eigenvalue weighted by atomic mass is 35.5. The van der Waals surface area contributed by atoms with Gasteiger partial charge in [-0.25, -0.2) is 4.79 Å². The van der Waals surface area contributed by atoms with Gasteiger partial charge in [0.25, 0.3) is 5.91 Å². The number of para-hydroxylation sites is 1. The summed E-state index contributed by atoms with van der Waals surface area (Å²) in [5, 5.41) is 3.90. The second-order valence-electron chi connectivity index (χ2n) is 7.90. The van der Waals surface area contributed by atoms with Crippen LogP contribution in [0, 0.1) is 0 Å². The van der Waals surface area contributed by atoms with Crippen LogP contribution in [0.25, 0.3) is 22.1 Å². The van der Waals surface area contributed by atoms with E-state index in [9.17, 15) is 9.59 Å². The average Bonchev–Trinajstić information content (AvgIpc) is 2.82. The zero-order valence-corrected chi connectivity index (χ0v) is 19.2. The topological polar surface area (TPSA) is 68.5 Å². The first kappa shape index (κ1) is 22.6. The molecule has 0 bridgehead atoms. The van der Waals surface area contributed by atoms with Crippen LogP contribution in [0.3, 0.4) is 0 Å². The standard InChI is InChI=1S/C27H24ClNO4/c1-3-17(2)18-8-11-21(12-9-18)32-16-26(30)29-20-10-13-22(24(28)15-20)23-14-19-6-4-5-7-25(19)33-27(23)31/h4-15,17H,3,16H2,1-2H3,(H,29,30)/t17-/m0/s1. The van der Waals surface area contributed by atoms with E-state index >= 15 is 0 Å². The Labute approximate surface area is 197 Å².